The minimum atomic E-state index is -1.10. The second-order valence-corrected chi connectivity index (χ2v) is 4.50. The standard InChI is InChI=1S/C10H18N2O4/c1-5(2)8(11)9(14)12-4-6(13)3-7(12)10(15)16/h5-8,13H,3-4,11H2,1-2H3,(H,15,16)/t6-,7+,8+/m0/s1. The molecule has 0 bridgehead atoms. The van der Waals surface area contributed by atoms with E-state index in [1.165, 1.54) is 0 Å². The van der Waals surface area contributed by atoms with Gasteiger partial charge in [0.05, 0.1) is 12.1 Å². The average molecular weight is 230 g/mol. The first kappa shape index (κ1) is 12.9. The largest absolute Gasteiger partial charge is 0.480 e. The molecule has 6 nitrogen and oxygen atoms in total. The number of carbonyl (C=O) groups excluding carboxylic acids is 1. The SMILES string of the molecule is CC(C)[C@@H](N)C(=O)N1C[C@@H](O)C[C@@H]1C(=O)O. The van der Waals surface area contributed by atoms with Crippen molar-refractivity contribution >= 4 is 11.9 Å². The van der Waals surface area contributed by atoms with E-state index in [2.05, 4.69) is 0 Å². The summed E-state index contributed by atoms with van der Waals surface area (Å²) in [4.78, 5) is 23.9. The normalized spacial score (nSPS) is 27.2. The number of hydrogen-bond acceptors (Lipinski definition) is 4. The zero-order valence-corrected chi connectivity index (χ0v) is 9.46. The number of amides is 1. The zero-order valence-electron chi connectivity index (χ0n) is 9.46. The predicted molar refractivity (Wildman–Crippen MR) is 56.6 cm³/mol. The van der Waals surface area contributed by atoms with E-state index in [0.717, 1.165) is 4.90 Å². The topological polar surface area (TPSA) is 104 Å². The lowest BCUT2D eigenvalue weighted by atomic mass is 10.0. The van der Waals surface area contributed by atoms with Crippen LogP contribution in [0.25, 0.3) is 0 Å². The first-order chi connectivity index (χ1) is 7.34. The highest BCUT2D eigenvalue weighted by molar-refractivity contribution is 5.87. The van der Waals surface area contributed by atoms with Gasteiger partial charge in [0.25, 0.3) is 0 Å². The van der Waals surface area contributed by atoms with Gasteiger partial charge in [-0.05, 0) is 5.92 Å². The molecule has 1 heterocycles. The maximum absolute atomic E-state index is 11.9. The molecule has 0 unspecified atom stereocenters. The molecule has 1 amide bonds. The van der Waals surface area contributed by atoms with Crippen LogP contribution in [0.2, 0.25) is 0 Å². The van der Waals surface area contributed by atoms with E-state index in [9.17, 15) is 14.7 Å². The third-order valence-electron chi connectivity index (χ3n) is 2.85. The molecular weight excluding hydrogens is 212 g/mol. The minimum Gasteiger partial charge on any atom is -0.480 e. The van der Waals surface area contributed by atoms with Gasteiger partial charge in [0.15, 0.2) is 0 Å². The van der Waals surface area contributed by atoms with Gasteiger partial charge in [0.1, 0.15) is 6.04 Å². The Labute approximate surface area is 94.0 Å². The van der Waals surface area contributed by atoms with E-state index in [-0.39, 0.29) is 18.9 Å². The molecule has 0 aliphatic carbocycles. The number of carbonyl (C=O) groups is 2. The summed E-state index contributed by atoms with van der Waals surface area (Å²) < 4.78 is 0. The maximum Gasteiger partial charge on any atom is 0.326 e. The smallest absolute Gasteiger partial charge is 0.326 e. The van der Waals surface area contributed by atoms with E-state index < -0.39 is 30.1 Å². The molecule has 0 aromatic heterocycles. The van der Waals surface area contributed by atoms with Crippen LogP contribution in [0.1, 0.15) is 20.3 Å². The Morgan fingerprint density at radius 3 is 2.44 bits per heavy atom. The number of aliphatic hydroxyl groups excluding tert-OH is 1. The first-order valence-corrected chi connectivity index (χ1v) is 5.31. The summed E-state index contributed by atoms with van der Waals surface area (Å²) in [5.74, 6) is -1.56. The van der Waals surface area contributed by atoms with Crippen molar-refractivity contribution < 1.29 is 19.8 Å². The summed E-state index contributed by atoms with van der Waals surface area (Å²) in [6.45, 7) is 3.64. The average Bonchev–Trinajstić information content (AvgIpc) is 2.58. The predicted octanol–water partition coefficient (Wildman–Crippen LogP) is -0.984. The van der Waals surface area contributed by atoms with Crippen LogP contribution >= 0.6 is 0 Å². The summed E-state index contributed by atoms with van der Waals surface area (Å²) in [5, 5.41) is 18.3. The van der Waals surface area contributed by atoms with Crippen LogP contribution in [0.3, 0.4) is 0 Å². The van der Waals surface area contributed by atoms with E-state index in [1.54, 1.807) is 13.8 Å². The lowest BCUT2D eigenvalue weighted by Crippen LogP contribution is -2.50. The Morgan fingerprint density at radius 2 is 2.00 bits per heavy atom. The van der Waals surface area contributed by atoms with Crippen LogP contribution in [0.4, 0.5) is 0 Å². The molecule has 0 aromatic carbocycles. The number of aliphatic carboxylic acids is 1. The van der Waals surface area contributed by atoms with E-state index in [1.807, 2.05) is 0 Å². The molecule has 92 valence electrons. The van der Waals surface area contributed by atoms with Crippen molar-refractivity contribution in [1.29, 1.82) is 0 Å². The van der Waals surface area contributed by atoms with Crippen molar-refractivity contribution in [3.63, 3.8) is 0 Å². The number of aliphatic hydroxyl groups is 1. The molecule has 0 spiro atoms. The molecule has 3 atom stereocenters. The third kappa shape index (κ3) is 2.51. The zero-order chi connectivity index (χ0) is 12.5. The molecule has 0 saturated carbocycles. The summed E-state index contributed by atoms with van der Waals surface area (Å²) in [7, 11) is 0. The summed E-state index contributed by atoms with van der Waals surface area (Å²) >= 11 is 0. The van der Waals surface area contributed by atoms with Crippen LogP contribution in [-0.2, 0) is 9.59 Å². The van der Waals surface area contributed by atoms with Crippen LogP contribution < -0.4 is 5.73 Å². The lowest BCUT2D eigenvalue weighted by molar-refractivity contribution is -0.149. The Hall–Kier alpha value is -1.14. The van der Waals surface area contributed by atoms with Crippen LogP contribution in [0, 0.1) is 5.92 Å². The maximum atomic E-state index is 11.9. The van der Waals surface area contributed by atoms with Crippen molar-refractivity contribution in [3.05, 3.63) is 0 Å². The number of likely N-dealkylation sites (tertiary alicyclic amines) is 1. The molecule has 6 heteroatoms. The molecule has 0 radical (unpaired) electrons. The van der Waals surface area contributed by atoms with Crippen molar-refractivity contribution in [3.8, 4) is 0 Å². The van der Waals surface area contributed by atoms with Gasteiger partial charge < -0.3 is 20.8 Å². The van der Waals surface area contributed by atoms with Crippen molar-refractivity contribution in [1.82, 2.24) is 4.90 Å². The van der Waals surface area contributed by atoms with Crippen molar-refractivity contribution in [2.45, 2.75) is 38.5 Å². The van der Waals surface area contributed by atoms with Crippen LogP contribution in [0.5, 0.6) is 0 Å². The van der Waals surface area contributed by atoms with Gasteiger partial charge in [-0.25, -0.2) is 4.79 Å². The number of carboxylic acid groups (broad SMARTS) is 1. The number of carboxylic acids is 1. The van der Waals surface area contributed by atoms with Crippen LogP contribution in [-0.4, -0.2) is 51.7 Å². The molecule has 16 heavy (non-hydrogen) atoms. The molecule has 1 aliphatic heterocycles. The fourth-order valence-electron chi connectivity index (χ4n) is 1.77. The van der Waals surface area contributed by atoms with E-state index in [4.69, 9.17) is 10.8 Å². The molecule has 1 fully saturated rings. The third-order valence-corrected chi connectivity index (χ3v) is 2.85. The summed E-state index contributed by atoms with van der Waals surface area (Å²) in [5.41, 5.74) is 5.68. The number of nitrogens with zero attached hydrogens (tertiary/aromatic N) is 1. The number of β-amino-alcohol motifs (C(OH)–C–C–N with tert-alkyl or cyclic N) is 1. The monoisotopic (exact) mass is 230 g/mol. The van der Waals surface area contributed by atoms with E-state index >= 15 is 0 Å². The van der Waals surface area contributed by atoms with Crippen molar-refractivity contribution in [2.24, 2.45) is 11.7 Å². The first-order valence-electron chi connectivity index (χ1n) is 5.31. The van der Waals surface area contributed by atoms with Crippen molar-refractivity contribution in [2.75, 3.05) is 6.54 Å². The number of hydrogen-bond donors (Lipinski definition) is 3. The second-order valence-electron chi connectivity index (χ2n) is 4.50. The number of rotatable bonds is 3. The van der Waals surface area contributed by atoms with E-state index in [0.29, 0.717) is 0 Å². The van der Waals surface area contributed by atoms with Gasteiger partial charge in [-0.2, -0.15) is 0 Å². The number of nitrogens with two attached hydrogens (primary N) is 1. The Balaban J connectivity index is 2.78. The minimum absolute atomic E-state index is 0.0518. The quantitative estimate of drug-likeness (QED) is 0.578. The Bertz CT molecular complexity index is 293. The molecule has 0 aromatic rings. The van der Waals surface area contributed by atoms with Gasteiger partial charge in [-0.1, -0.05) is 13.8 Å². The lowest BCUT2D eigenvalue weighted by Gasteiger charge is -2.26. The molecule has 4 N–H and O–H groups in total. The van der Waals surface area contributed by atoms with Gasteiger partial charge in [0.2, 0.25) is 5.91 Å². The molecule has 1 rings (SSSR count). The van der Waals surface area contributed by atoms with Crippen LogP contribution in [0.15, 0.2) is 0 Å². The van der Waals surface area contributed by atoms with Gasteiger partial charge in [-0.3, -0.25) is 4.79 Å². The highest BCUT2D eigenvalue weighted by Gasteiger charge is 2.40. The molecule has 1 saturated heterocycles. The summed E-state index contributed by atoms with van der Waals surface area (Å²) in [6.07, 6.45) is -0.698. The molecule has 1 aliphatic rings. The molecular formula is C10H18N2O4. The Morgan fingerprint density at radius 1 is 1.44 bits per heavy atom. The van der Waals surface area contributed by atoms with Gasteiger partial charge in [-0.15, -0.1) is 0 Å². The second kappa shape index (κ2) is 4.80. The fourth-order valence-corrected chi connectivity index (χ4v) is 1.77. The highest BCUT2D eigenvalue weighted by Crippen LogP contribution is 2.20. The fraction of sp³-hybridized carbons (Fsp3) is 0.800. The summed E-state index contributed by atoms with van der Waals surface area (Å²) in [6, 6.07) is -1.67. The van der Waals surface area contributed by atoms with Gasteiger partial charge >= 0.3 is 5.97 Å². The Kier molecular flexibility index (Phi) is 3.88. The van der Waals surface area contributed by atoms with Gasteiger partial charge in [0, 0.05) is 13.0 Å². The highest BCUT2D eigenvalue weighted by atomic mass is 16.4.